The molecule has 0 saturated carbocycles. The molecule has 1 saturated heterocycles. The Kier molecular flexibility index (Phi) is 6.38. The van der Waals surface area contributed by atoms with Crippen molar-refractivity contribution in [3.05, 3.63) is 36.3 Å². The van der Waals surface area contributed by atoms with E-state index in [-0.39, 0.29) is 12.2 Å². The van der Waals surface area contributed by atoms with Crippen LogP contribution in [0.15, 0.2) is 35.5 Å². The number of rotatable bonds is 4. The van der Waals surface area contributed by atoms with Gasteiger partial charge in [-0.05, 0) is 52.0 Å². The van der Waals surface area contributed by atoms with Gasteiger partial charge in [-0.3, -0.25) is 4.21 Å². The second kappa shape index (κ2) is 9.09. The summed E-state index contributed by atoms with van der Waals surface area (Å²) in [6.45, 7) is 8.62. The summed E-state index contributed by atoms with van der Waals surface area (Å²) in [5.41, 5.74) is 1.71. The Bertz CT molecular complexity index is 1180. The first-order valence-corrected chi connectivity index (χ1v) is 12.5. The van der Waals surface area contributed by atoms with Gasteiger partial charge in [0.2, 0.25) is 5.88 Å². The van der Waals surface area contributed by atoms with E-state index in [0.717, 1.165) is 21.7 Å². The molecule has 176 valence electrons. The third kappa shape index (κ3) is 5.16. The number of nitrogens with zero attached hydrogens (tertiary/aromatic N) is 5. The van der Waals surface area contributed by atoms with Crippen molar-refractivity contribution in [1.82, 2.24) is 24.6 Å². The molecule has 1 aliphatic heterocycles. The van der Waals surface area contributed by atoms with Crippen LogP contribution in [0.25, 0.3) is 16.7 Å². The molecule has 0 aliphatic carbocycles. The molecule has 33 heavy (non-hydrogen) atoms. The monoisotopic (exact) mass is 471 g/mol. The maximum Gasteiger partial charge on any atom is 0.410 e. The van der Waals surface area contributed by atoms with Gasteiger partial charge in [0.05, 0.1) is 11.4 Å². The molecule has 0 radical (unpaired) electrons. The smallest absolute Gasteiger partial charge is 0.410 e. The fourth-order valence-electron chi connectivity index (χ4n) is 3.77. The van der Waals surface area contributed by atoms with Crippen LogP contribution in [0.5, 0.6) is 5.88 Å². The molecule has 0 N–H and O–H groups in total. The van der Waals surface area contributed by atoms with E-state index in [1.165, 1.54) is 6.33 Å². The van der Waals surface area contributed by atoms with Crippen LogP contribution < -0.4 is 4.74 Å². The Morgan fingerprint density at radius 1 is 1.12 bits per heavy atom. The number of hydrogen-bond donors (Lipinski definition) is 0. The fraction of sp³-hybridized carbons (Fsp3) is 0.478. The van der Waals surface area contributed by atoms with Crippen molar-refractivity contribution in [2.45, 2.75) is 57.1 Å². The predicted octanol–water partition coefficient (Wildman–Crippen LogP) is 3.64. The third-order valence-corrected chi connectivity index (χ3v) is 6.33. The quantitative estimate of drug-likeness (QED) is 0.573. The molecule has 1 unspecified atom stereocenters. The van der Waals surface area contributed by atoms with Crippen LogP contribution in [-0.4, -0.2) is 66.0 Å². The van der Waals surface area contributed by atoms with Gasteiger partial charge in [0.15, 0.2) is 5.65 Å². The van der Waals surface area contributed by atoms with Gasteiger partial charge in [0.25, 0.3) is 0 Å². The summed E-state index contributed by atoms with van der Waals surface area (Å²) >= 11 is 0. The molecule has 3 heterocycles. The summed E-state index contributed by atoms with van der Waals surface area (Å²) in [6, 6.07) is 7.39. The number of benzene rings is 1. The third-order valence-electron chi connectivity index (χ3n) is 5.39. The minimum Gasteiger partial charge on any atom is -0.474 e. The molecule has 1 amide bonds. The van der Waals surface area contributed by atoms with Crippen LogP contribution in [0.1, 0.15) is 39.3 Å². The van der Waals surface area contributed by atoms with E-state index in [2.05, 4.69) is 15.1 Å². The fourth-order valence-corrected chi connectivity index (χ4v) is 4.29. The molecule has 9 nitrogen and oxygen atoms in total. The lowest BCUT2D eigenvalue weighted by Crippen LogP contribution is -2.44. The number of carbonyl (C=O) groups is 1. The first-order chi connectivity index (χ1) is 15.6. The number of fused-ring (bicyclic) bond motifs is 1. The summed E-state index contributed by atoms with van der Waals surface area (Å²) < 4.78 is 25.1. The topological polar surface area (TPSA) is 99.4 Å². The van der Waals surface area contributed by atoms with Gasteiger partial charge in [-0.25, -0.2) is 19.4 Å². The highest BCUT2D eigenvalue weighted by molar-refractivity contribution is 7.84. The SMILES string of the molecule is Cc1nn(-c2ccc(S(C)=O)cc2)c2ncnc(OC3CCN(C(=O)OC(C)(C)C)CC3)c12. The Morgan fingerprint density at radius 2 is 1.79 bits per heavy atom. The van der Waals surface area contributed by atoms with E-state index in [1.54, 1.807) is 15.8 Å². The van der Waals surface area contributed by atoms with Crippen LogP contribution in [0.2, 0.25) is 0 Å². The molecule has 4 rings (SSSR count). The van der Waals surface area contributed by atoms with E-state index >= 15 is 0 Å². The molecule has 1 aromatic carbocycles. The highest BCUT2D eigenvalue weighted by Gasteiger charge is 2.28. The van der Waals surface area contributed by atoms with E-state index < -0.39 is 16.4 Å². The van der Waals surface area contributed by atoms with Gasteiger partial charge in [-0.1, -0.05) is 0 Å². The first-order valence-electron chi connectivity index (χ1n) is 10.9. The number of amides is 1. The number of ether oxygens (including phenoxy) is 2. The van der Waals surface area contributed by atoms with Gasteiger partial charge in [-0.2, -0.15) is 5.10 Å². The number of piperidine rings is 1. The van der Waals surface area contributed by atoms with E-state index in [0.29, 0.717) is 37.5 Å². The predicted molar refractivity (Wildman–Crippen MR) is 125 cm³/mol. The Morgan fingerprint density at radius 3 is 2.39 bits per heavy atom. The van der Waals surface area contributed by atoms with Crippen molar-refractivity contribution < 1.29 is 18.5 Å². The number of aryl methyl sites for hydroxylation is 1. The standard InChI is InChI=1S/C23H29N5O4S/c1-15-19-20(28(26-15)16-6-8-18(9-7-16)33(5)30)24-14-25-21(19)31-17-10-12-27(13-11-17)22(29)32-23(2,3)4/h6-9,14,17H,10-13H2,1-5H3. The molecule has 10 heteroatoms. The van der Waals surface area contributed by atoms with E-state index in [9.17, 15) is 9.00 Å². The van der Waals surface area contributed by atoms with Crippen LogP contribution in [-0.2, 0) is 15.5 Å². The summed E-state index contributed by atoms with van der Waals surface area (Å²) in [5, 5.41) is 5.41. The van der Waals surface area contributed by atoms with Crippen LogP contribution in [0.3, 0.4) is 0 Å². The van der Waals surface area contributed by atoms with Gasteiger partial charge in [0, 0.05) is 47.9 Å². The highest BCUT2D eigenvalue weighted by Crippen LogP contribution is 2.29. The number of carbonyl (C=O) groups excluding carboxylic acids is 1. The molecule has 1 atom stereocenters. The zero-order chi connectivity index (χ0) is 23.8. The summed E-state index contributed by atoms with van der Waals surface area (Å²) in [6.07, 6.45) is 4.14. The average molecular weight is 472 g/mol. The van der Waals surface area contributed by atoms with E-state index in [1.807, 2.05) is 52.0 Å². The number of aromatic nitrogens is 4. The summed E-state index contributed by atoms with van der Waals surface area (Å²) in [4.78, 5) is 23.6. The Balaban J connectivity index is 1.51. The van der Waals surface area contributed by atoms with Crippen molar-refractivity contribution in [3.8, 4) is 11.6 Å². The summed E-state index contributed by atoms with van der Waals surface area (Å²) in [5.74, 6) is 0.491. The molecular weight excluding hydrogens is 442 g/mol. The van der Waals surface area contributed by atoms with Gasteiger partial charge in [-0.15, -0.1) is 0 Å². The molecule has 0 spiro atoms. The normalized spacial score (nSPS) is 16.1. The lowest BCUT2D eigenvalue weighted by molar-refractivity contribution is 0.0124. The molecule has 1 aliphatic rings. The Labute approximate surface area is 195 Å². The van der Waals surface area contributed by atoms with Crippen molar-refractivity contribution in [1.29, 1.82) is 0 Å². The maximum atomic E-state index is 12.3. The van der Waals surface area contributed by atoms with Crippen molar-refractivity contribution >= 4 is 27.9 Å². The highest BCUT2D eigenvalue weighted by atomic mass is 32.2. The zero-order valence-corrected chi connectivity index (χ0v) is 20.4. The van der Waals surface area contributed by atoms with Crippen molar-refractivity contribution in [3.63, 3.8) is 0 Å². The number of hydrogen-bond acceptors (Lipinski definition) is 7. The van der Waals surface area contributed by atoms with Crippen LogP contribution in [0, 0.1) is 6.92 Å². The minimum absolute atomic E-state index is 0.0663. The minimum atomic E-state index is -1.04. The molecule has 1 fully saturated rings. The lowest BCUT2D eigenvalue weighted by Gasteiger charge is -2.33. The van der Waals surface area contributed by atoms with Crippen molar-refractivity contribution in [2.24, 2.45) is 0 Å². The van der Waals surface area contributed by atoms with Crippen molar-refractivity contribution in [2.75, 3.05) is 19.3 Å². The Hall–Kier alpha value is -3.01. The zero-order valence-electron chi connectivity index (χ0n) is 19.6. The van der Waals surface area contributed by atoms with Gasteiger partial charge in [0.1, 0.15) is 23.4 Å². The summed E-state index contributed by atoms with van der Waals surface area (Å²) in [7, 11) is -1.04. The molecular formula is C23H29N5O4S. The second-order valence-corrected chi connectivity index (χ2v) is 10.5. The molecule has 0 bridgehead atoms. The largest absolute Gasteiger partial charge is 0.474 e. The number of likely N-dealkylation sites (tertiary alicyclic amines) is 1. The van der Waals surface area contributed by atoms with Gasteiger partial charge >= 0.3 is 6.09 Å². The first kappa shape index (κ1) is 23.2. The lowest BCUT2D eigenvalue weighted by atomic mass is 10.1. The van der Waals surface area contributed by atoms with Crippen LogP contribution in [0.4, 0.5) is 4.79 Å². The van der Waals surface area contributed by atoms with Gasteiger partial charge < -0.3 is 14.4 Å². The second-order valence-electron chi connectivity index (χ2n) is 9.11. The average Bonchev–Trinajstić information content (AvgIpc) is 3.10. The molecule has 2 aromatic heterocycles. The van der Waals surface area contributed by atoms with E-state index in [4.69, 9.17) is 9.47 Å². The molecule has 3 aromatic rings. The van der Waals surface area contributed by atoms with Crippen LogP contribution >= 0.6 is 0 Å². The maximum absolute atomic E-state index is 12.3.